The summed E-state index contributed by atoms with van der Waals surface area (Å²) in [5.41, 5.74) is 1.74. The fraction of sp³-hybridized carbons (Fsp3) is 0.250. The van der Waals surface area contributed by atoms with Crippen molar-refractivity contribution in [2.45, 2.75) is 12.8 Å². The van der Waals surface area contributed by atoms with E-state index in [-0.39, 0.29) is 13.0 Å². The van der Waals surface area contributed by atoms with Crippen LogP contribution in [0.2, 0.25) is 0 Å². The van der Waals surface area contributed by atoms with Crippen LogP contribution in [0, 0.1) is 11.8 Å². The van der Waals surface area contributed by atoms with E-state index in [9.17, 15) is 4.79 Å². The van der Waals surface area contributed by atoms with Gasteiger partial charge in [0.15, 0.2) is 0 Å². The first-order valence-electron chi connectivity index (χ1n) is 4.63. The van der Waals surface area contributed by atoms with Gasteiger partial charge in [0.25, 0.3) is 0 Å². The largest absolute Gasteiger partial charge is 0.481 e. The van der Waals surface area contributed by atoms with Gasteiger partial charge >= 0.3 is 5.97 Å². The Morgan fingerprint density at radius 3 is 2.87 bits per heavy atom. The van der Waals surface area contributed by atoms with Crippen molar-refractivity contribution in [3.8, 4) is 11.8 Å². The molecule has 0 aliphatic rings. The van der Waals surface area contributed by atoms with Crippen molar-refractivity contribution in [1.82, 2.24) is 0 Å². The second-order valence-electron chi connectivity index (χ2n) is 3.05. The highest BCUT2D eigenvalue weighted by Crippen LogP contribution is 2.06. The van der Waals surface area contributed by atoms with E-state index >= 15 is 0 Å². The summed E-state index contributed by atoms with van der Waals surface area (Å²) >= 11 is 0. The Morgan fingerprint density at radius 1 is 1.40 bits per heavy atom. The maximum absolute atomic E-state index is 10.4. The summed E-state index contributed by atoms with van der Waals surface area (Å²) in [5.74, 6) is 4.52. The van der Waals surface area contributed by atoms with Gasteiger partial charge in [0.1, 0.15) is 6.61 Å². The number of aryl methyl sites for hydroxylation is 1. The third kappa shape index (κ3) is 4.30. The number of hydrogen-bond donors (Lipinski definition) is 2. The third-order valence-corrected chi connectivity index (χ3v) is 1.87. The summed E-state index contributed by atoms with van der Waals surface area (Å²) in [7, 11) is 0. The third-order valence-electron chi connectivity index (χ3n) is 1.87. The predicted molar refractivity (Wildman–Crippen MR) is 56.4 cm³/mol. The zero-order valence-corrected chi connectivity index (χ0v) is 8.23. The first-order chi connectivity index (χ1) is 7.22. The van der Waals surface area contributed by atoms with Gasteiger partial charge in [0.2, 0.25) is 0 Å². The smallest absolute Gasteiger partial charge is 0.303 e. The molecule has 0 aromatic heterocycles. The summed E-state index contributed by atoms with van der Waals surface area (Å²) < 4.78 is 0. The van der Waals surface area contributed by atoms with E-state index < -0.39 is 5.97 Å². The minimum absolute atomic E-state index is 0.122. The monoisotopic (exact) mass is 204 g/mol. The molecular formula is C12H12O3. The van der Waals surface area contributed by atoms with Crippen molar-refractivity contribution in [3.05, 3.63) is 35.4 Å². The number of hydrogen-bond acceptors (Lipinski definition) is 2. The Labute approximate surface area is 88.4 Å². The zero-order valence-electron chi connectivity index (χ0n) is 8.23. The van der Waals surface area contributed by atoms with E-state index in [1.807, 2.05) is 24.3 Å². The molecule has 1 aromatic rings. The number of aliphatic hydroxyl groups excluding tert-OH is 1. The van der Waals surface area contributed by atoms with Crippen molar-refractivity contribution < 1.29 is 15.0 Å². The van der Waals surface area contributed by atoms with Gasteiger partial charge in [-0.1, -0.05) is 24.0 Å². The minimum Gasteiger partial charge on any atom is -0.481 e. The molecular weight excluding hydrogens is 192 g/mol. The molecule has 0 atom stereocenters. The van der Waals surface area contributed by atoms with E-state index in [0.717, 1.165) is 11.1 Å². The topological polar surface area (TPSA) is 57.5 Å². The lowest BCUT2D eigenvalue weighted by Crippen LogP contribution is -1.97. The van der Waals surface area contributed by atoms with Gasteiger partial charge in [0, 0.05) is 12.0 Å². The molecule has 0 aliphatic heterocycles. The highest BCUT2D eigenvalue weighted by Gasteiger charge is 1.99. The molecule has 0 bridgehead atoms. The molecule has 3 heteroatoms. The van der Waals surface area contributed by atoms with E-state index in [1.165, 1.54) is 0 Å². The molecule has 2 N–H and O–H groups in total. The molecule has 78 valence electrons. The standard InChI is InChI=1S/C12H12O3/c13-8-2-5-10-3-1-4-11(9-10)6-7-12(14)15/h1,3-4,9,13H,6-8H2,(H,14,15). The zero-order chi connectivity index (χ0) is 11.1. The summed E-state index contributed by atoms with van der Waals surface area (Å²) in [4.78, 5) is 10.4. The quantitative estimate of drug-likeness (QED) is 0.723. The van der Waals surface area contributed by atoms with Crippen LogP contribution < -0.4 is 0 Å². The number of carboxylic acids is 1. The first-order valence-corrected chi connectivity index (χ1v) is 4.63. The van der Waals surface area contributed by atoms with E-state index in [2.05, 4.69) is 11.8 Å². The fourth-order valence-electron chi connectivity index (χ4n) is 1.20. The van der Waals surface area contributed by atoms with Crippen LogP contribution in [0.1, 0.15) is 17.5 Å². The Morgan fingerprint density at radius 2 is 2.20 bits per heavy atom. The van der Waals surface area contributed by atoms with Gasteiger partial charge in [-0.3, -0.25) is 4.79 Å². The molecule has 0 saturated carbocycles. The molecule has 0 spiro atoms. The molecule has 0 unspecified atom stereocenters. The molecule has 0 saturated heterocycles. The van der Waals surface area contributed by atoms with Crippen LogP contribution in [-0.2, 0) is 11.2 Å². The summed E-state index contributed by atoms with van der Waals surface area (Å²) in [6.45, 7) is -0.167. The molecule has 3 nitrogen and oxygen atoms in total. The molecule has 0 aliphatic carbocycles. The van der Waals surface area contributed by atoms with Crippen LogP contribution in [-0.4, -0.2) is 22.8 Å². The van der Waals surface area contributed by atoms with Gasteiger partial charge in [-0.2, -0.15) is 0 Å². The molecule has 0 heterocycles. The van der Waals surface area contributed by atoms with E-state index in [1.54, 1.807) is 0 Å². The summed E-state index contributed by atoms with van der Waals surface area (Å²) in [6.07, 6.45) is 0.626. The maximum Gasteiger partial charge on any atom is 0.303 e. The lowest BCUT2D eigenvalue weighted by molar-refractivity contribution is -0.136. The average molecular weight is 204 g/mol. The van der Waals surface area contributed by atoms with E-state index in [4.69, 9.17) is 10.2 Å². The molecule has 0 amide bonds. The Balaban J connectivity index is 2.69. The number of carbonyl (C=O) groups is 1. The van der Waals surface area contributed by atoms with Crippen LogP contribution in [0.5, 0.6) is 0 Å². The molecule has 0 radical (unpaired) electrons. The first kappa shape index (κ1) is 11.3. The van der Waals surface area contributed by atoms with Gasteiger partial charge in [0.05, 0.1) is 0 Å². The highest BCUT2D eigenvalue weighted by molar-refractivity contribution is 5.67. The van der Waals surface area contributed by atoms with Crippen molar-refractivity contribution >= 4 is 5.97 Å². The molecule has 0 fully saturated rings. The van der Waals surface area contributed by atoms with Gasteiger partial charge < -0.3 is 10.2 Å². The predicted octanol–water partition coefficient (Wildman–Crippen LogP) is 1.05. The SMILES string of the molecule is O=C(O)CCc1cccc(C#CCO)c1. The molecule has 1 rings (SSSR count). The normalized spacial score (nSPS) is 9.13. The van der Waals surface area contributed by atoms with Gasteiger partial charge in [-0.05, 0) is 24.1 Å². The number of aliphatic hydroxyl groups is 1. The number of carboxylic acid groups (broad SMARTS) is 1. The Hall–Kier alpha value is -1.79. The Kier molecular flexibility index (Phi) is 4.39. The average Bonchev–Trinajstić information content (AvgIpc) is 2.24. The number of benzene rings is 1. The van der Waals surface area contributed by atoms with Crippen LogP contribution in [0.3, 0.4) is 0 Å². The lowest BCUT2D eigenvalue weighted by atomic mass is 10.1. The Bertz CT molecular complexity index is 399. The summed E-state index contributed by atoms with van der Waals surface area (Å²) in [5, 5.41) is 17.0. The van der Waals surface area contributed by atoms with Crippen LogP contribution >= 0.6 is 0 Å². The van der Waals surface area contributed by atoms with Crippen molar-refractivity contribution in [2.75, 3.05) is 6.61 Å². The van der Waals surface area contributed by atoms with E-state index in [0.29, 0.717) is 6.42 Å². The van der Waals surface area contributed by atoms with Crippen molar-refractivity contribution in [1.29, 1.82) is 0 Å². The van der Waals surface area contributed by atoms with Gasteiger partial charge in [-0.15, -0.1) is 0 Å². The maximum atomic E-state index is 10.4. The van der Waals surface area contributed by atoms with Crippen molar-refractivity contribution in [3.63, 3.8) is 0 Å². The van der Waals surface area contributed by atoms with Crippen LogP contribution in [0.25, 0.3) is 0 Å². The van der Waals surface area contributed by atoms with Crippen LogP contribution in [0.4, 0.5) is 0 Å². The second-order valence-corrected chi connectivity index (χ2v) is 3.05. The fourth-order valence-corrected chi connectivity index (χ4v) is 1.20. The second kappa shape index (κ2) is 5.84. The summed E-state index contributed by atoms with van der Waals surface area (Å²) in [6, 6.07) is 7.37. The minimum atomic E-state index is -0.804. The highest BCUT2D eigenvalue weighted by atomic mass is 16.4. The number of aliphatic carboxylic acids is 1. The van der Waals surface area contributed by atoms with Crippen molar-refractivity contribution in [2.24, 2.45) is 0 Å². The molecule has 15 heavy (non-hydrogen) atoms. The van der Waals surface area contributed by atoms with Crippen LogP contribution in [0.15, 0.2) is 24.3 Å². The number of rotatable bonds is 3. The lowest BCUT2D eigenvalue weighted by Gasteiger charge is -1.98. The van der Waals surface area contributed by atoms with Gasteiger partial charge in [-0.25, -0.2) is 0 Å². The molecule has 1 aromatic carbocycles.